The van der Waals surface area contributed by atoms with Gasteiger partial charge in [0.05, 0.1) is 5.69 Å². The van der Waals surface area contributed by atoms with Gasteiger partial charge in [0, 0.05) is 36.3 Å². The molecule has 1 rings (SSSR count). The Morgan fingerprint density at radius 2 is 2.05 bits per heavy atom. The molecule has 0 aliphatic rings. The molecule has 0 saturated carbocycles. The number of hydrogen-bond acceptors (Lipinski definition) is 5. The smallest absolute Gasteiger partial charge is 0.185 e. The lowest BCUT2D eigenvalue weighted by Crippen LogP contribution is -2.35. The van der Waals surface area contributed by atoms with Crippen LogP contribution in [0.3, 0.4) is 0 Å². The lowest BCUT2D eigenvalue weighted by molar-refractivity contribution is 0.424. The van der Waals surface area contributed by atoms with Gasteiger partial charge < -0.3 is 10.2 Å². The van der Waals surface area contributed by atoms with Crippen LogP contribution in [0.2, 0.25) is 0 Å². The Kier molecular flexibility index (Phi) is 7.51. The van der Waals surface area contributed by atoms with Crippen LogP contribution in [-0.4, -0.2) is 36.1 Å². The van der Waals surface area contributed by atoms with Gasteiger partial charge in [0.15, 0.2) is 5.13 Å². The van der Waals surface area contributed by atoms with Gasteiger partial charge in [-0.05, 0) is 39.4 Å². The molecule has 1 N–H and O–H groups in total. The predicted molar refractivity (Wildman–Crippen MR) is 99.1 cm³/mol. The van der Waals surface area contributed by atoms with E-state index in [2.05, 4.69) is 58.1 Å². The highest BCUT2D eigenvalue weighted by atomic mass is 32.2. The molecule has 1 atom stereocenters. The molecule has 0 aliphatic carbocycles. The Hall–Kier alpha value is -0.260. The van der Waals surface area contributed by atoms with Gasteiger partial charge in [-0.25, -0.2) is 4.98 Å². The zero-order valence-corrected chi connectivity index (χ0v) is 16.2. The molecule has 0 spiro atoms. The molecule has 122 valence electrons. The van der Waals surface area contributed by atoms with Gasteiger partial charge in [0.25, 0.3) is 0 Å². The van der Waals surface area contributed by atoms with Crippen molar-refractivity contribution in [1.29, 1.82) is 0 Å². The molecule has 0 aromatic carbocycles. The van der Waals surface area contributed by atoms with Gasteiger partial charge in [-0.15, -0.1) is 11.3 Å². The monoisotopic (exact) mass is 329 g/mol. The van der Waals surface area contributed by atoms with Crippen LogP contribution in [0.25, 0.3) is 0 Å². The van der Waals surface area contributed by atoms with Crippen molar-refractivity contribution >= 4 is 28.2 Å². The Bertz CT molecular complexity index is 424. The average Bonchev–Trinajstić information content (AvgIpc) is 2.85. The van der Waals surface area contributed by atoms with E-state index in [-0.39, 0.29) is 5.54 Å². The van der Waals surface area contributed by atoms with Crippen molar-refractivity contribution in [3.05, 3.63) is 10.6 Å². The van der Waals surface area contributed by atoms with Crippen LogP contribution in [0.1, 0.15) is 57.5 Å². The van der Waals surface area contributed by atoms with Crippen molar-refractivity contribution in [1.82, 2.24) is 10.3 Å². The molecule has 1 aromatic heterocycles. The van der Waals surface area contributed by atoms with Crippen LogP contribution < -0.4 is 10.2 Å². The molecule has 3 nitrogen and oxygen atoms in total. The number of thioether (sulfide) groups is 1. The molecule has 0 amide bonds. The zero-order valence-electron chi connectivity index (χ0n) is 14.6. The maximum absolute atomic E-state index is 4.93. The van der Waals surface area contributed by atoms with Crippen LogP contribution in [0, 0.1) is 0 Å². The standard InChI is InChI=1S/C16H31N3S2/c1-8-12(2)14-13(11-17-16(3,4)5)21-15(18-14)19(6)9-10-20-7/h12,17H,8-11H2,1-7H3. The maximum atomic E-state index is 4.93. The summed E-state index contributed by atoms with van der Waals surface area (Å²) >= 11 is 3.73. The van der Waals surface area contributed by atoms with E-state index in [0.717, 1.165) is 30.4 Å². The number of rotatable bonds is 8. The molecule has 0 aliphatic heterocycles. The second-order valence-corrected chi connectivity index (χ2v) is 8.68. The first-order valence-electron chi connectivity index (χ1n) is 7.73. The largest absolute Gasteiger partial charge is 0.350 e. The van der Waals surface area contributed by atoms with E-state index in [1.165, 1.54) is 10.6 Å². The number of nitrogens with zero attached hydrogens (tertiary/aromatic N) is 2. The van der Waals surface area contributed by atoms with Gasteiger partial charge >= 0.3 is 0 Å². The summed E-state index contributed by atoms with van der Waals surface area (Å²) in [6.45, 7) is 13.1. The van der Waals surface area contributed by atoms with E-state index >= 15 is 0 Å². The summed E-state index contributed by atoms with van der Waals surface area (Å²) < 4.78 is 0. The highest BCUT2D eigenvalue weighted by Gasteiger charge is 2.19. The first kappa shape index (κ1) is 18.8. The molecule has 1 unspecified atom stereocenters. The number of aromatic nitrogens is 1. The summed E-state index contributed by atoms with van der Waals surface area (Å²) in [6.07, 6.45) is 3.29. The Morgan fingerprint density at radius 1 is 1.38 bits per heavy atom. The molecule has 0 radical (unpaired) electrons. The molecule has 0 bridgehead atoms. The third-order valence-electron chi connectivity index (χ3n) is 3.53. The first-order chi connectivity index (χ1) is 9.78. The molecular weight excluding hydrogens is 298 g/mol. The third kappa shape index (κ3) is 6.17. The minimum absolute atomic E-state index is 0.141. The normalized spacial score (nSPS) is 13.5. The molecule has 21 heavy (non-hydrogen) atoms. The van der Waals surface area contributed by atoms with Gasteiger partial charge in [-0.1, -0.05) is 13.8 Å². The fraction of sp³-hybridized carbons (Fsp3) is 0.812. The number of nitrogens with one attached hydrogen (secondary N) is 1. The van der Waals surface area contributed by atoms with Crippen molar-refractivity contribution < 1.29 is 0 Å². The van der Waals surface area contributed by atoms with E-state index in [1.807, 2.05) is 23.1 Å². The van der Waals surface area contributed by atoms with E-state index in [4.69, 9.17) is 4.98 Å². The molecule has 5 heteroatoms. The quantitative estimate of drug-likeness (QED) is 0.768. The third-order valence-corrected chi connectivity index (χ3v) is 5.31. The summed E-state index contributed by atoms with van der Waals surface area (Å²) in [6, 6.07) is 0. The lowest BCUT2D eigenvalue weighted by atomic mass is 10.0. The summed E-state index contributed by atoms with van der Waals surface area (Å²) in [7, 11) is 2.15. The van der Waals surface area contributed by atoms with Crippen molar-refractivity contribution in [2.45, 2.75) is 59.0 Å². The second kappa shape index (κ2) is 8.39. The minimum atomic E-state index is 0.141. The number of anilines is 1. The molecule has 0 fully saturated rings. The Morgan fingerprint density at radius 3 is 2.57 bits per heavy atom. The maximum Gasteiger partial charge on any atom is 0.185 e. The van der Waals surface area contributed by atoms with E-state index < -0.39 is 0 Å². The van der Waals surface area contributed by atoms with Crippen LogP contribution >= 0.6 is 23.1 Å². The summed E-state index contributed by atoms with van der Waals surface area (Å²) in [5.41, 5.74) is 1.42. The average molecular weight is 330 g/mol. The van der Waals surface area contributed by atoms with E-state index in [9.17, 15) is 0 Å². The van der Waals surface area contributed by atoms with Crippen molar-refractivity contribution in [3.63, 3.8) is 0 Å². The zero-order chi connectivity index (χ0) is 16.0. The van der Waals surface area contributed by atoms with Crippen LogP contribution in [0.4, 0.5) is 5.13 Å². The molecule has 1 aromatic rings. The van der Waals surface area contributed by atoms with Crippen molar-refractivity contribution in [2.24, 2.45) is 0 Å². The summed E-state index contributed by atoms with van der Waals surface area (Å²) in [4.78, 5) is 8.61. The Balaban J connectivity index is 2.90. The molecule has 0 saturated heterocycles. The fourth-order valence-corrected chi connectivity index (χ4v) is 3.45. The first-order valence-corrected chi connectivity index (χ1v) is 9.94. The second-order valence-electron chi connectivity index (χ2n) is 6.63. The fourth-order valence-electron chi connectivity index (χ4n) is 1.89. The van der Waals surface area contributed by atoms with Gasteiger partial charge in [0.2, 0.25) is 0 Å². The van der Waals surface area contributed by atoms with Gasteiger partial charge in [-0.3, -0.25) is 0 Å². The molecule has 1 heterocycles. The minimum Gasteiger partial charge on any atom is -0.350 e. The number of thiazole rings is 1. The highest BCUT2D eigenvalue weighted by molar-refractivity contribution is 7.98. The van der Waals surface area contributed by atoms with Crippen LogP contribution in [0.5, 0.6) is 0 Å². The topological polar surface area (TPSA) is 28.2 Å². The van der Waals surface area contributed by atoms with Crippen LogP contribution in [-0.2, 0) is 6.54 Å². The predicted octanol–water partition coefficient (Wildman–Crippen LogP) is 4.34. The SMILES string of the molecule is CCC(C)c1nc(N(C)CCSC)sc1CNC(C)(C)C. The summed E-state index contributed by atoms with van der Waals surface area (Å²) in [5.74, 6) is 1.67. The van der Waals surface area contributed by atoms with Crippen LogP contribution in [0.15, 0.2) is 0 Å². The summed E-state index contributed by atoms with van der Waals surface area (Å²) in [5, 5.41) is 4.76. The van der Waals surface area contributed by atoms with Crippen molar-refractivity contribution in [2.75, 3.05) is 30.5 Å². The number of hydrogen-bond donors (Lipinski definition) is 1. The van der Waals surface area contributed by atoms with E-state index in [0.29, 0.717) is 5.92 Å². The lowest BCUT2D eigenvalue weighted by Gasteiger charge is -2.20. The van der Waals surface area contributed by atoms with Gasteiger partial charge in [0.1, 0.15) is 0 Å². The van der Waals surface area contributed by atoms with Gasteiger partial charge in [-0.2, -0.15) is 11.8 Å². The van der Waals surface area contributed by atoms with Crippen molar-refractivity contribution in [3.8, 4) is 0 Å². The highest BCUT2D eigenvalue weighted by Crippen LogP contribution is 2.32. The molecular formula is C16H31N3S2. The Labute approximate surface area is 138 Å². The van der Waals surface area contributed by atoms with E-state index in [1.54, 1.807) is 0 Å².